The molecule has 0 radical (unpaired) electrons. The molecule has 1 aliphatic carbocycles. The first kappa shape index (κ1) is 49.6. The minimum absolute atomic E-state index is 0.0748. The molecule has 5 heterocycles. The van der Waals surface area contributed by atoms with E-state index in [-0.39, 0.29) is 54.2 Å². The third-order valence-electron chi connectivity index (χ3n) is 14.9. The number of ether oxygens (including phenoxy) is 2. The van der Waals surface area contributed by atoms with E-state index in [1.807, 2.05) is 26.0 Å². The van der Waals surface area contributed by atoms with Crippen LogP contribution in [-0.4, -0.2) is 55.8 Å². The monoisotopic (exact) mass is 891 g/mol. The average Bonchev–Trinajstić information content (AvgIpc) is 4.00. The number of aliphatic hydroxyl groups is 2. The molecule has 2 aliphatic heterocycles. The predicted molar refractivity (Wildman–Crippen MR) is 264 cm³/mol. The van der Waals surface area contributed by atoms with Crippen molar-refractivity contribution < 1.29 is 29.3 Å². The highest BCUT2D eigenvalue weighted by Crippen LogP contribution is 2.46. The predicted octanol–water partition coefficient (Wildman–Crippen LogP) is 12.4. The number of methoxy groups -OCH3 is 1. The summed E-state index contributed by atoms with van der Waals surface area (Å²) < 4.78 is 11.1. The topological polar surface area (TPSA) is 150 Å². The number of fused-ring (bicyclic) bond motifs is 8. The molecular weight excluding hydrogens is 813 g/mol. The van der Waals surface area contributed by atoms with Gasteiger partial charge >= 0.3 is 11.9 Å². The van der Waals surface area contributed by atoms with Gasteiger partial charge in [0.25, 0.3) is 0 Å². The van der Waals surface area contributed by atoms with Crippen LogP contribution in [0, 0.1) is 31.6 Å². The molecule has 10 nitrogen and oxygen atoms in total. The molecule has 0 aromatic carbocycles. The molecule has 65 heavy (non-hydrogen) atoms. The van der Waals surface area contributed by atoms with Crippen LogP contribution < -0.4 is 10.4 Å². The number of nitrogens with zero attached hydrogens (tertiary/aromatic N) is 2. The number of hydrogen-bond acceptors (Lipinski definition) is 8. The summed E-state index contributed by atoms with van der Waals surface area (Å²) in [6, 6.07) is 6.12. The molecule has 354 valence electrons. The number of aliphatic hydroxyl groups excluding tert-OH is 2. The van der Waals surface area contributed by atoms with Crippen LogP contribution in [0.15, 0.2) is 29.8 Å². The van der Waals surface area contributed by atoms with Crippen molar-refractivity contribution in [1.29, 1.82) is 0 Å². The van der Waals surface area contributed by atoms with Crippen LogP contribution in [-0.2, 0) is 19.1 Å². The second-order valence-electron chi connectivity index (χ2n) is 20.4. The fourth-order valence-electron chi connectivity index (χ4n) is 10.8. The molecule has 0 saturated heterocycles. The Hall–Kier alpha value is -4.86. The zero-order valence-corrected chi connectivity index (χ0v) is 41.5. The van der Waals surface area contributed by atoms with Gasteiger partial charge in [-0.1, -0.05) is 99.0 Å². The lowest BCUT2D eigenvalue weighted by molar-refractivity contribution is -0.143. The van der Waals surface area contributed by atoms with Crippen LogP contribution in [0.2, 0.25) is 0 Å². The van der Waals surface area contributed by atoms with E-state index < -0.39 is 11.9 Å². The fraction of sp³-hybridized carbons (Fsp3) is 0.600. The van der Waals surface area contributed by atoms with Crippen molar-refractivity contribution in [1.82, 2.24) is 19.9 Å². The van der Waals surface area contributed by atoms with Crippen LogP contribution in [0.5, 0.6) is 0 Å². The third-order valence-corrected chi connectivity index (χ3v) is 14.9. The van der Waals surface area contributed by atoms with Gasteiger partial charge in [-0.05, 0) is 107 Å². The molecule has 6 rings (SSSR count). The largest absolute Gasteiger partial charge is 0.512 e. The fourth-order valence-corrected chi connectivity index (χ4v) is 10.8. The first-order chi connectivity index (χ1) is 30.9. The summed E-state index contributed by atoms with van der Waals surface area (Å²) >= 11 is 0. The minimum atomic E-state index is -1.09. The molecule has 4 N–H and O–H groups in total. The highest BCUT2D eigenvalue weighted by molar-refractivity contribution is 5.96. The smallest absolute Gasteiger partial charge is 0.321 e. The second kappa shape index (κ2) is 21.6. The molecule has 7 atom stereocenters. The molecule has 3 aromatic rings. The average molecular weight is 891 g/mol. The lowest BCUT2D eigenvalue weighted by Gasteiger charge is -2.19. The lowest BCUT2D eigenvalue weighted by atomic mass is 9.84. The molecule has 0 spiro atoms. The summed E-state index contributed by atoms with van der Waals surface area (Å²) in [7, 11) is 1.33. The van der Waals surface area contributed by atoms with Gasteiger partial charge < -0.3 is 29.7 Å². The first-order valence-electron chi connectivity index (χ1n) is 24.7. The van der Waals surface area contributed by atoms with Crippen molar-refractivity contribution in [2.45, 2.75) is 183 Å². The highest BCUT2D eigenvalue weighted by Gasteiger charge is 2.42. The molecule has 8 bridgehead atoms. The number of carbonyl (C=O) groups excluding carboxylic acids is 2. The summed E-state index contributed by atoms with van der Waals surface area (Å²) in [5.41, 5.74) is 9.71. The number of aromatic amines is 2. The number of rotatable bonds is 19. The zero-order chi connectivity index (χ0) is 47.3. The number of H-pyrrole nitrogens is 2. The van der Waals surface area contributed by atoms with E-state index in [2.05, 4.69) is 77.5 Å². The third kappa shape index (κ3) is 11.1. The van der Waals surface area contributed by atoms with E-state index in [4.69, 9.17) is 19.4 Å². The van der Waals surface area contributed by atoms with Gasteiger partial charge in [0.05, 0.1) is 29.6 Å². The summed E-state index contributed by atoms with van der Waals surface area (Å²) in [5.74, 6) is 0.302. The quantitative estimate of drug-likeness (QED) is 0.0686. The van der Waals surface area contributed by atoms with E-state index in [1.165, 1.54) is 57.6 Å². The van der Waals surface area contributed by atoms with E-state index >= 15 is 0 Å². The number of allylic oxidation sites excluding steroid dienone is 1. The van der Waals surface area contributed by atoms with E-state index in [0.29, 0.717) is 34.3 Å². The Morgan fingerprint density at radius 2 is 1.40 bits per heavy atom. The van der Waals surface area contributed by atoms with E-state index in [0.717, 1.165) is 81.1 Å². The first-order valence-corrected chi connectivity index (χ1v) is 24.7. The van der Waals surface area contributed by atoms with Crippen molar-refractivity contribution in [2.24, 2.45) is 17.8 Å². The minimum Gasteiger partial charge on any atom is -0.512 e. The van der Waals surface area contributed by atoms with Gasteiger partial charge in [-0.15, -0.1) is 0 Å². The molecular formula is C55H78N4O6. The zero-order valence-electron chi connectivity index (χ0n) is 41.5. The molecule has 7 unspecified atom stereocenters. The van der Waals surface area contributed by atoms with Crippen molar-refractivity contribution in [2.75, 3.05) is 13.7 Å². The lowest BCUT2D eigenvalue weighted by Crippen LogP contribution is -2.18. The molecule has 0 saturated carbocycles. The van der Waals surface area contributed by atoms with Crippen LogP contribution in [0.1, 0.15) is 208 Å². The van der Waals surface area contributed by atoms with E-state index in [1.54, 1.807) is 6.92 Å². The van der Waals surface area contributed by atoms with Crippen LogP contribution in [0.4, 0.5) is 0 Å². The Morgan fingerprint density at radius 1 is 0.800 bits per heavy atom. The summed E-state index contributed by atoms with van der Waals surface area (Å²) in [6.07, 6.45) is 14.8. The van der Waals surface area contributed by atoms with Crippen molar-refractivity contribution >= 4 is 45.5 Å². The molecule has 0 fully saturated rings. The van der Waals surface area contributed by atoms with Crippen molar-refractivity contribution in [3.8, 4) is 0 Å². The van der Waals surface area contributed by atoms with Gasteiger partial charge in [-0.25, -0.2) is 0 Å². The molecule has 0 amide bonds. The maximum absolute atomic E-state index is 13.7. The highest BCUT2D eigenvalue weighted by atomic mass is 16.5. The van der Waals surface area contributed by atoms with Crippen LogP contribution in [0.25, 0.3) is 33.6 Å². The Labute approximate surface area is 387 Å². The van der Waals surface area contributed by atoms with Gasteiger partial charge in [-0.2, -0.15) is 0 Å². The number of esters is 2. The summed E-state index contributed by atoms with van der Waals surface area (Å²) in [5, 5.41) is 24.2. The number of aryl methyl sites for hydroxylation is 2. The van der Waals surface area contributed by atoms with Gasteiger partial charge in [-0.3, -0.25) is 19.6 Å². The van der Waals surface area contributed by atoms with Gasteiger partial charge in [0.1, 0.15) is 18.3 Å². The Bertz CT molecular complexity index is 2540. The number of aromatic nitrogens is 4. The number of hydrogen-bond donors (Lipinski definition) is 4. The second-order valence-corrected chi connectivity index (χ2v) is 20.4. The standard InChI is InChI=1S/C55H78N4O6/c1-13-39-34(7)41-29-46-48(38(11)60)36(9)43(57-46)27-42-35(8)40(52(58-42)50-51(55(63)64-12)54(62)49-37(10)44(59-53(49)50)28-45(39)56-41)23-24-47(61)65-26-25-33(6)22-16-21-32(5)20-15-19-31(4)18-14-17-30(2)3/h25,27-32,34-35,39-40,51,57,59-60,62H,13-24,26H2,1-12H3/b33-25+,42-27?,45-28?,46-29?,48-38?. The van der Waals surface area contributed by atoms with Crippen LogP contribution >= 0.6 is 0 Å². The van der Waals surface area contributed by atoms with Gasteiger partial charge in [0.2, 0.25) is 0 Å². The van der Waals surface area contributed by atoms with E-state index in [9.17, 15) is 19.8 Å². The number of carbonyl (C=O) groups is 2. The van der Waals surface area contributed by atoms with Crippen molar-refractivity contribution in [3.63, 3.8) is 0 Å². The maximum atomic E-state index is 13.7. The Morgan fingerprint density at radius 3 is 2.05 bits per heavy atom. The SMILES string of the molecule is CCC1c2cc3[nH]c4c(c5nc(cc6[nH]c(cc(n2)C1C)c(=C(C)O)c6C)C(C)C5CCC(=O)OC/C=C(\C)CCCC(C)CCCC(C)CCCC(C)C)C(C(=O)OC)C(O)=c4c3C. The van der Waals surface area contributed by atoms with Crippen LogP contribution in [0.3, 0.4) is 0 Å². The van der Waals surface area contributed by atoms with Gasteiger partial charge in [0, 0.05) is 74.2 Å². The Kier molecular flexibility index (Phi) is 16.5. The summed E-state index contributed by atoms with van der Waals surface area (Å²) in [4.78, 5) is 44.8. The molecule has 10 heteroatoms. The van der Waals surface area contributed by atoms with Crippen molar-refractivity contribution in [3.05, 3.63) is 79.8 Å². The normalized spacial score (nSPS) is 20.9. The molecule has 3 aliphatic rings. The molecule has 3 aromatic heterocycles. The maximum Gasteiger partial charge on any atom is 0.321 e. The van der Waals surface area contributed by atoms with Gasteiger partial charge in [0.15, 0.2) is 0 Å². The number of nitrogens with one attached hydrogen (secondary N) is 2. The summed E-state index contributed by atoms with van der Waals surface area (Å²) in [6.45, 7) is 23.8. The Balaban J connectivity index is 1.25.